The second-order valence-electron chi connectivity index (χ2n) is 7.12. The van der Waals surface area contributed by atoms with Crippen LogP contribution in [0, 0.1) is 5.92 Å². The lowest BCUT2D eigenvalue weighted by atomic mass is 9.79. The Kier molecular flexibility index (Phi) is 5.50. The summed E-state index contributed by atoms with van der Waals surface area (Å²) in [5.74, 6) is 1.76. The van der Waals surface area contributed by atoms with Gasteiger partial charge in [0.15, 0.2) is 0 Å². The molecule has 1 heterocycles. The van der Waals surface area contributed by atoms with Crippen molar-refractivity contribution in [3.05, 3.63) is 35.4 Å². The lowest BCUT2D eigenvalue weighted by Gasteiger charge is -2.39. The fourth-order valence-electron chi connectivity index (χ4n) is 4.34. The van der Waals surface area contributed by atoms with Crippen molar-refractivity contribution in [2.75, 3.05) is 13.7 Å². The molecule has 1 N–H and O–H groups in total. The minimum absolute atomic E-state index is 0.107. The highest BCUT2D eigenvalue weighted by Crippen LogP contribution is 2.42. The van der Waals surface area contributed by atoms with Gasteiger partial charge in [0.1, 0.15) is 11.5 Å². The Balaban J connectivity index is 1.82. The number of phenols is 1. The molecule has 1 aromatic carbocycles. The Labute approximate surface area is 145 Å². The quantitative estimate of drug-likeness (QED) is 0.761. The normalized spacial score (nSPS) is 24.4. The zero-order valence-electron chi connectivity index (χ0n) is 15.0. The first-order valence-corrected chi connectivity index (χ1v) is 9.39. The maximum Gasteiger partial charge on any atom is 0.125 e. The van der Waals surface area contributed by atoms with E-state index >= 15 is 0 Å². The first-order chi connectivity index (χ1) is 11.7. The number of methoxy groups -OCH3 is 1. The molecular weight excluding hydrogens is 300 g/mol. The highest BCUT2D eigenvalue weighted by Gasteiger charge is 2.39. The van der Waals surface area contributed by atoms with Crippen LogP contribution in [0.25, 0.3) is 0 Å². The van der Waals surface area contributed by atoms with Crippen molar-refractivity contribution in [3.8, 4) is 11.5 Å². The Morgan fingerprint density at radius 1 is 1.25 bits per heavy atom. The molecule has 132 valence electrons. The van der Waals surface area contributed by atoms with Crippen LogP contribution in [0.15, 0.2) is 24.3 Å². The van der Waals surface area contributed by atoms with Gasteiger partial charge < -0.3 is 14.6 Å². The fraction of sp³-hybridized carbons (Fsp3) is 0.619. The van der Waals surface area contributed by atoms with Crippen LogP contribution in [-0.2, 0) is 17.6 Å². The van der Waals surface area contributed by atoms with Gasteiger partial charge in [-0.2, -0.15) is 0 Å². The molecule has 1 aliphatic carbocycles. The molecule has 0 amide bonds. The first-order valence-electron chi connectivity index (χ1n) is 9.39. The van der Waals surface area contributed by atoms with Gasteiger partial charge in [-0.15, -0.1) is 0 Å². The molecule has 0 spiro atoms. The summed E-state index contributed by atoms with van der Waals surface area (Å²) in [6.45, 7) is 2.90. The number of rotatable bonds is 6. The number of aromatic hydroxyl groups is 1. The van der Waals surface area contributed by atoms with Gasteiger partial charge in [0.25, 0.3) is 0 Å². The van der Waals surface area contributed by atoms with E-state index in [1.54, 1.807) is 13.2 Å². The molecule has 0 aromatic heterocycles. The Hall–Kier alpha value is -1.48. The zero-order valence-corrected chi connectivity index (χ0v) is 15.0. The molecule has 3 rings (SSSR count). The van der Waals surface area contributed by atoms with Crippen LogP contribution in [0.2, 0.25) is 0 Å². The summed E-state index contributed by atoms with van der Waals surface area (Å²) in [6.07, 6.45) is 13.6. The molecule has 2 aliphatic rings. The van der Waals surface area contributed by atoms with Crippen LogP contribution >= 0.6 is 0 Å². The van der Waals surface area contributed by atoms with E-state index < -0.39 is 0 Å². The van der Waals surface area contributed by atoms with E-state index in [0.717, 1.165) is 43.6 Å². The summed E-state index contributed by atoms with van der Waals surface area (Å²) in [7, 11) is 1.67. The zero-order chi connectivity index (χ0) is 17.0. The molecule has 3 heteroatoms. The van der Waals surface area contributed by atoms with E-state index in [2.05, 4.69) is 25.1 Å². The van der Waals surface area contributed by atoms with Crippen molar-refractivity contribution in [1.82, 2.24) is 0 Å². The van der Waals surface area contributed by atoms with Crippen LogP contribution in [0.1, 0.15) is 56.6 Å². The average molecular weight is 330 g/mol. The Morgan fingerprint density at radius 3 is 2.67 bits per heavy atom. The molecule has 3 nitrogen and oxygen atoms in total. The van der Waals surface area contributed by atoms with Crippen molar-refractivity contribution in [1.29, 1.82) is 0 Å². The van der Waals surface area contributed by atoms with Crippen molar-refractivity contribution >= 4 is 0 Å². The summed E-state index contributed by atoms with van der Waals surface area (Å²) < 4.78 is 11.9. The SMILES string of the molecule is CCc1cc(CCC2(C3CCCC3)C=CCCO2)c(OC)cc1O. The molecule has 1 saturated carbocycles. The summed E-state index contributed by atoms with van der Waals surface area (Å²) in [4.78, 5) is 0. The third-order valence-corrected chi connectivity index (χ3v) is 5.75. The second-order valence-corrected chi connectivity index (χ2v) is 7.12. The van der Waals surface area contributed by atoms with E-state index in [1.807, 2.05) is 0 Å². The van der Waals surface area contributed by atoms with E-state index in [9.17, 15) is 5.11 Å². The maximum absolute atomic E-state index is 10.1. The van der Waals surface area contributed by atoms with Crippen molar-refractivity contribution in [2.24, 2.45) is 5.92 Å². The Bertz CT molecular complexity index is 587. The van der Waals surface area contributed by atoms with Crippen molar-refractivity contribution < 1.29 is 14.6 Å². The van der Waals surface area contributed by atoms with Crippen LogP contribution in [0.4, 0.5) is 0 Å². The summed E-state index contributed by atoms with van der Waals surface area (Å²) in [6, 6.07) is 3.86. The monoisotopic (exact) mass is 330 g/mol. The number of benzene rings is 1. The lowest BCUT2D eigenvalue weighted by molar-refractivity contribution is -0.0601. The molecule has 0 bridgehead atoms. The van der Waals surface area contributed by atoms with Gasteiger partial charge in [0, 0.05) is 6.07 Å². The number of phenolic OH excluding ortho intramolecular Hbond substituents is 1. The smallest absolute Gasteiger partial charge is 0.125 e. The number of ether oxygens (including phenoxy) is 2. The van der Waals surface area contributed by atoms with Crippen LogP contribution in [0.3, 0.4) is 0 Å². The maximum atomic E-state index is 10.1. The van der Waals surface area contributed by atoms with Gasteiger partial charge in [0.2, 0.25) is 0 Å². The van der Waals surface area contributed by atoms with Gasteiger partial charge in [-0.25, -0.2) is 0 Å². The summed E-state index contributed by atoms with van der Waals surface area (Å²) in [5.41, 5.74) is 2.05. The largest absolute Gasteiger partial charge is 0.508 e. The van der Waals surface area contributed by atoms with Gasteiger partial charge >= 0.3 is 0 Å². The lowest BCUT2D eigenvalue weighted by Crippen LogP contribution is -2.40. The molecule has 0 saturated heterocycles. The third-order valence-electron chi connectivity index (χ3n) is 5.75. The molecule has 1 aliphatic heterocycles. The summed E-state index contributed by atoms with van der Waals surface area (Å²) >= 11 is 0. The topological polar surface area (TPSA) is 38.7 Å². The minimum atomic E-state index is -0.107. The van der Waals surface area contributed by atoms with Gasteiger partial charge in [-0.3, -0.25) is 0 Å². The predicted octanol–water partition coefficient (Wildman–Crippen LogP) is 4.80. The highest BCUT2D eigenvalue weighted by atomic mass is 16.5. The molecular formula is C21H30O3. The third kappa shape index (κ3) is 3.46. The molecule has 1 unspecified atom stereocenters. The average Bonchev–Trinajstić information content (AvgIpc) is 3.16. The van der Waals surface area contributed by atoms with E-state index in [0.29, 0.717) is 11.7 Å². The van der Waals surface area contributed by atoms with Gasteiger partial charge in [-0.05, 0) is 61.6 Å². The number of hydrogen-bond donors (Lipinski definition) is 1. The van der Waals surface area contributed by atoms with Crippen molar-refractivity contribution in [3.63, 3.8) is 0 Å². The number of aryl methyl sites for hydroxylation is 2. The van der Waals surface area contributed by atoms with E-state index in [-0.39, 0.29) is 5.60 Å². The van der Waals surface area contributed by atoms with Gasteiger partial charge in [-0.1, -0.05) is 31.9 Å². The van der Waals surface area contributed by atoms with E-state index in [1.165, 1.54) is 31.2 Å². The molecule has 24 heavy (non-hydrogen) atoms. The molecule has 1 atom stereocenters. The molecule has 1 aromatic rings. The van der Waals surface area contributed by atoms with Crippen LogP contribution in [0.5, 0.6) is 11.5 Å². The summed E-state index contributed by atoms with van der Waals surface area (Å²) in [5, 5.41) is 10.1. The molecule has 1 fully saturated rings. The number of hydrogen-bond acceptors (Lipinski definition) is 3. The molecule has 0 radical (unpaired) electrons. The van der Waals surface area contributed by atoms with Crippen molar-refractivity contribution in [2.45, 2.75) is 63.9 Å². The second kappa shape index (κ2) is 7.60. The van der Waals surface area contributed by atoms with Crippen LogP contribution in [-0.4, -0.2) is 24.4 Å². The Morgan fingerprint density at radius 2 is 2.04 bits per heavy atom. The van der Waals surface area contributed by atoms with E-state index in [4.69, 9.17) is 9.47 Å². The predicted molar refractivity (Wildman–Crippen MR) is 96.8 cm³/mol. The first kappa shape index (κ1) is 17.3. The highest BCUT2D eigenvalue weighted by molar-refractivity contribution is 5.46. The minimum Gasteiger partial charge on any atom is -0.508 e. The standard InChI is InChI=1S/C21H30O3/c1-3-16-14-17(20(23-2)15-19(16)22)10-12-21(11-6-7-13-24-21)18-8-4-5-9-18/h6,11,14-15,18,22H,3-5,7-10,12-13H2,1-2H3. The fourth-order valence-corrected chi connectivity index (χ4v) is 4.34. The van der Waals surface area contributed by atoms with Crippen LogP contribution < -0.4 is 4.74 Å². The van der Waals surface area contributed by atoms with Gasteiger partial charge in [0.05, 0.1) is 19.3 Å².